The fourth-order valence-corrected chi connectivity index (χ4v) is 7.02. The van der Waals surface area contributed by atoms with Crippen molar-refractivity contribution >= 4 is 32.0 Å². The molecule has 0 aliphatic carbocycles. The number of hydrogen-bond acceptors (Lipinski definition) is 6. The second-order valence-corrected chi connectivity index (χ2v) is 12.1. The summed E-state index contributed by atoms with van der Waals surface area (Å²) in [4.78, 5) is 14.2. The Bertz CT molecular complexity index is 1230. The molecule has 5 rings (SSSR count). The number of piperidine rings is 2. The summed E-state index contributed by atoms with van der Waals surface area (Å²) in [6.07, 6.45) is 9.33. The van der Waals surface area contributed by atoms with Gasteiger partial charge in [0.05, 0.1) is 17.8 Å². The normalized spacial score (nSPS) is 21.7. The molecule has 0 bridgehead atoms. The van der Waals surface area contributed by atoms with Gasteiger partial charge in [-0.1, -0.05) is 13.8 Å². The van der Waals surface area contributed by atoms with Crippen LogP contribution in [0.2, 0.25) is 0 Å². The number of fused-ring (bicyclic) bond motifs is 3. The van der Waals surface area contributed by atoms with Crippen molar-refractivity contribution in [2.24, 2.45) is 5.92 Å². The molecule has 0 saturated carbocycles. The Morgan fingerprint density at radius 3 is 2.76 bits per heavy atom. The lowest BCUT2D eigenvalue weighted by molar-refractivity contribution is 0.00528. The van der Waals surface area contributed by atoms with Crippen molar-refractivity contribution in [3.05, 3.63) is 36.3 Å². The quantitative estimate of drug-likeness (QED) is 0.549. The Morgan fingerprint density at radius 1 is 1.15 bits per heavy atom. The van der Waals surface area contributed by atoms with Gasteiger partial charge in [0.1, 0.15) is 5.88 Å². The zero-order chi connectivity index (χ0) is 23.7. The summed E-state index contributed by atoms with van der Waals surface area (Å²) >= 11 is 0. The number of aromatic nitrogens is 3. The maximum Gasteiger partial charge on any atom is 0.227 e. The third-order valence-corrected chi connectivity index (χ3v) is 8.91. The van der Waals surface area contributed by atoms with E-state index in [2.05, 4.69) is 39.8 Å². The fraction of sp³-hybridized carbons (Fsp3) is 0.600. The van der Waals surface area contributed by atoms with Crippen LogP contribution in [-0.2, 0) is 14.8 Å². The van der Waals surface area contributed by atoms with Crippen LogP contribution in [-0.4, -0.2) is 77.3 Å². The van der Waals surface area contributed by atoms with Crippen LogP contribution in [0.3, 0.4) is 0 Å². The SMILES string of the molecule is CC(C)COC1CCCN(S(=O)(=O)CN2CCC(c3cc[nH]c4cnc5nccc5c34)CC2)C1. The molecule has 2 fully saturated rings. The van der Waals surface area contributed by atoms with Crippen molar-refractivity contribution < 1.29 is 13.2 Å². The number of likely N-dealkylation sites (tertiary alicyclic amines) is 1. The molecule has 3 aromatic heterocycles. The molecule has 184 valence electrons. The summed E-state index contributed by atoms with van der Waals surface area (Å²) in [6.45, 7) is 7.56. The summed E-state index contributed by atoms with van der Waals surface area (Å²) < 4.78 is 34.0. The fourth-order valence-electron chi connectivity index (χ4n) is 5.33. The summed E-state index contributed by atoms with van der Waals surface area (Å²) in [5.41, 5.74) is 3.09. The maximum atomic E-state index is 13.2. The summed E-state index contributed by atoms with van der Waals surface area (Å²) in [5.74, 6) is 0.942. The average molecular weight is 486 g/mol. The van der Waals surface area contributed by atoms with Gasteiger partial charge < -0.3 is 9.72 Å². The largest absolute Gasteiger partial charge is 0.377 e. The maximum absolute atomic E-state index is 13.2. The standard InChI is InChI=1S/C25H35N5O3S/c1-18(2)16-33-20-4-3-11-30(15-20)34(31,32)17-29-12-7-19(8-13-29)21-5-9-26-23-14-28-25-22(24(21)23)6-10-27-25/h5-6,9-10,14,18-20,26H,3-4,7-8,11-13,15-17H2,1-2H3. The molecule has 3 aromatic rings. The average Bonchev–Trinajstić information content (AvgIpc) is 3.32. The first-order chi connectivity index (χ1) is 16.4. The Hall–Kier alpha value is -2.07. The van der Waals surface area contributed by atoms with Crippen LogP contribution in [0, 0.1) is 5.92 Å². The topological polar surface area (TPSA) is 91.4 Å². The van der Waals surface area contributed by atoms with Gasteiger partial charge in [-0.05, 0) is 68.3 Å². The van der Waals surface area contributed by atoms with E-state index in [1.807, 2.05) is 18.5 Å². The molecule has 1 unspecified atom stereocenters. The van der Waals surface area contributed by atoms with Crippen LogP contribution in [0.15, 0.2) is 30.7 Å². The molecule has 9 heteroatoms. The molecule has 0 aromatic carbocycles. The second-order valence-electron chi connectivity index (χ2n) is 10.1. The molecule has 8 nitrogen and oxygen atoms in total. The van der Waals surface area contributed by atoms with Gasteiger partial charge in [0.2, 0.25) is 10.0 Å². The molecule has 2 aliphatic rings. The summed E-state index contributed by atoms with van der Waals surface area (Å²) in [6, 6.07) is 4.19. The number of hydrogen-bond donors (Lipinski definition) is 1. The molecular formula is C25H35N5O3S. The molecule has 5 heterocycles. The third-order valence-electron chi connectivity index (χ3n) is 7.10. The minimum atomic E-state index is -3.33. The van der Waals surface area contributed by atoms with E-state index in [1.165, 1.54) is 10.9 Å². The smallest absolute Gasteiger partial charge is 0.227 e. The van der Waals surface area contributed by atoms with Crippen LogP contribution in [0.25, 0.3) is 21.9 Å². The van der Waals surface area contributed by atoms with E-state index in [-0.39, 0.29) is 12.0 Å². The van der Waals surface area contributed by atoms with Gasteiger partial charge in [-0.25, -0.2) is 18.4 Å². The van der Waals surface area contributed by atoms with Crippen molar-refractivity contribution in [1.29, 1.82) is 0 Å². The molecule has 1 N–H and O–H groups in total. The number of ether oxygens (including phenoxy) is 1. The first-order valence-electron chi connectivity index (χ1n) is 12.4. The number of sulfonamides is 1. The number of nitrogens with one attached hydrogen (secondary N) is 1. The predicted molar refractivity (Wildman–Crippen MR) is 134 cm³/mol. The number of aromatic amines is 1. The van der Waals surface area contributed by atoms with Gasteiger partial charge in [0.15, 0.2) is 5.65 Å². The Balaban J connectivity index is 1.23. The number of rotatable bonds is 7. The van der Waals surface area contributed by atoms with E-state index in [0.717, 1.165) is 55.3 Å². The van der Waals surface area contributed by atoms with E-state index in [0.29, 0.717) is 31.5 Å². The highest BCUT2D eigenvalue weighted by Gasteiger charge is 2.32. The van der Waals surface area contributed by atoms with Crippen molar-refractivity contribution in [3.8, 4) is 0 Å². The Morgan fingerprint density at radius 2 is 1.97 bits per heavy atom. The van der Waals surface area contributed by atoms with Crippen molar-refractivity contribution in [2.75, 3.05) is 38.7 Å². The monoisotopic (exact) mass is 485 g/mol. The first-order valence-corrected chi connectivity index (χ1v) is 14.0. The number of pyridine rings is 2. The molecular weight excluding hydrogens is 450 g/mol. The van der Waals surface area contributed by atoms with Crippen LogP contribution in [0.4, 0.5) is 0 Å². The van der Waals surface area contributed by atoms with Crippen LogP contribution in [0.1, 0.15) is 51.0 Å². The molecule has 2 aliphatic heterocycles. The molecule has 34 heavy (non-hydrogen) atoms. The Labute approximate surface area is 201 Å². The van der Waals surface area contributed by atoms with Crippen LogP contribution < -0.4 is 0 Å². The van der Waals surface area contributed by atoms with E-state index in [1.54, 1.807) is 10.5 Å². The van der Waals surface area contributed by atoms with E-state index >= 15 is 0 Å². The van der Waals surface area contributed by atoms with Crippen molar-refractivity contribution in [2.45, 2.75) is 51.6 Å². The lowest BCUT2D eigenvalue weighted by Gasteiger charge is -2.36. The van der Waals surface area contributed by atoms with E-state index in [4.69, 9.17) is 4.74 Å². The van der Waals surface area contributed by atoms with Crippen LogP contribution >= 0.6 is 0 Å². The van der Waals surface area contributed by atoms with Gasteiger partial charge in [-0.2, -0.15) is 4.31 Å². The zero-order valence-corrected chi connectivity index (χ0v) is 20.9. The lowest BCUT2D eigenvalue weighted by atomic mass is 9.87. The second kappa shape index (κ2) is 9.89. The van der Waals surface area contributed by atoms with Gasteiger partial charge in [-0.15, -0.1) is 0 Å². The van der Waals surface area contributed by atoms with Crippen LogP contribution in [0.5, 0.6) is 0 Å². The third kappa shape index (κ3) is 4.98. The lowest BCUT2D eigenvalue weighted by Crippen LogP contribution is -2.48. The molecule has 0 spiro atoms. The van der Waals surface area contributed by atoms with Gasteiger partial charge in [-0.3, -0.25) is 4.90 Å². The summed E-state index contributed by atoms with van der Waals surface area (Å²) in [7, 11) is -3.33. The van der Waals surface area contributed by atoms with Gasteiger partial charge in [0.25, 0.3) is 0 Å². The molecule has 0 radical (unpaired) electrons. The predicted octanol–water partition coefficient (Wildman–Crippen LogP) is 3.71. The van der Waals surface area contributed by atoms with Gasteiger partial charge >= 0.3 is 0 Å². The van der Waals surface area contributed by atoms with E-state index < -0.39 is 10.0 Å². The Kier molecular flexibility index (Phi) is 6.88. The number of nitrogens with zero attached hydrogens (tertiary/aromatic N) is 4. The van der Waals surface area contributed by atoms with Crippen molar-refractivity contribution in [3.63, 3.8) is 0 Å². The number of H-pyrrole nitrogens is 1. The van der Waals surface area contributed by atoms with E-state index in [9.17, 15) is 8.42 Å². The highest BCUT2D eigenvalue weighted by molar-refractivity contribution is 7.89. The molecule has 1 atom stereocenters. The molecule has 0 amide bonds. The minimum Gasteiger partial charge on any atom is -0.377 e. The highest BCUT2D eigenvalue weighted by atomic mass is 32.2. The minimum absolute atomic E-state index is 0.0110. The van der Waals surface area contributed by atoms with Crippen molar-refractivity contribution in [1.82, 2.24) is 24.2 Å². The molecule has 2 saturated heterocycles. The highest BCUT2D eigenvalue weighted by Crippen LogP contribution is 2.35. The summed E-state index contributed by atoms with van der Waals surface area (Å²) in [5, 5.41) is 2.27. The first kappa shape index (κ1) is 23.7. The van der Waals surface area contributed by atoms with Gasteiger partial charge in [0, 0.05) is 42.9 Å². The zero-order valence-electron chi connectivity index (χ0n) is 20.1.